The van der Waals surface area contributed by atoms with Crippen molar-refractivity contribution in [3.63, 3.8) is 0 Å². The van der Waals surface area contributed by atoms with Crippen LogP contribution in [0, 0.1) is 5.92 Å². The lowest BCUT2D eigenvalue weighted by molar-refractivity contribution is 0.303. The molecule has 1 heterocycles. The fraction of sp³-hybridized carbons (Fsp3) is 0.714. The first-order valence-corrected chi connectivity index (χ1v) is 7.10. The number of anilines is 2. The van der Waals surface area contributed by atoms with Crippen molar-refractivity contribution in [2.75, 3.05) is 24.2 Å². The summed E-state index contributed by atoms with van der Waals surface area (Å²) >= 11 is 0. The van der Waals surface area contributed by atoms with Crippen molar-refractivity contribution in [3.8, 4) is 0 Å². The van der Waals surface area contributed by atoms with Crippen molar-refractivity contribution >= 4 is 11.6 Å². The van der Waals surface area contributed by atoms with Gasteiger partial charge in [0.15, 0.2) is 0 Å². The highest BCUT2D eigenvalue weighted by atomic mass is 15.1. The summed E-state index contributed by atoms with van der Waals surface area (Å²) < 4.78 is 0. The Kier molecular flexibility index (Phi) is 4.79. The Labute approximate surface area is 110 Å². The third kappa shape index (κ3) is 3.12. The Morgan fingerprint density at radius 3 is 2.67 bits per heavy atom. The molecule has 0 radical (unpaired) electrons. The van der Waals surface area contributed by atoms with E-state index in [1.807, 2.05) is 7.05 Å². The summed E-state index contributed by atoms with van der Waals surface area (Å²) in [5.41, 5.74) is 1.22. The highest BCUT2D eigenvalue weighted by molar-refractivity contribution is 5.57. The summed E-state index contributed by atoms with van der Waals surface area (Å²) in [5, 5.41) is 6.63. The second-order valence-corrected chi connectivity index (χ2v) is 5.06. The van der Waals surface area contributed by atoms with Gasteiger partial charge >= 0.3 is 0 Å². The van der Waals surface area contributed by atoms with Crippen molar-refractivity contribution in [2.45, 2.75) is 45.4 Å². The first kappa shape index (κ1) is 13.1. The molecule has 0 spiro atoms. The van der Waals surface area contributed by atoms with Crippen LogP contribution in [0.2, 0.25) is 0 Å². The summed E-state index contributed by atoms with van der Waals surface area (Å²) in [5.74, 6) is 2.91. The molecule has 1 aromatic heterocycles. The summed E-state index contributed by atoms with van der Waals surface area (Å²) in [6.45, 7) is 3.21. The summed E-state index contributed by atoms with van der Waals surface area (Å²) in [4.78, 5) is 8.67. The molecule has 18 heavy (non-hydrogen) atoms. The quantitative estimate of drug-likeness (QED) is 0.778. The van der Waals surface area contributed by atoms with Crippen LogP contribution in [0.1, 0.15) is 44.6 Å². The fourth-order valence-electron chi connectivity index (χ4n) is 2.44. The molecule has 1 aliphatic rings. The summed E-state index contributed by atoms with van der Waals surface area (Å²) in [6.07, 6.45) is 9.27. The zero-order valence-electron chi connectivity index (χ0n) is 11.5. The Hall–Kier alpha value is -1.32. The molecule has 0 saturated heterocycles. The number of nitrogens with one attached hydrogen (secondary N) is 2. The Balaban J connectivity index is 1.96. The molecule has 1 aromatic rings. The third-order valence-corrected chi connectivity index (χ3v) is 3.75. The molecule has 4 nitrogen and oxygen atoms in total. The Morgan fingerprint density at radius 2 is 2.06 bits per heavy atom. The molecule has 0 amide bonds. The average Bonchev–Trinajstić information content (AvgIpc) is 2.34. The molecule has 0 bridgehead atoms. The molecule has 0 unspecified atom stereocenters. The molecule has 1 fully saturated rings. The van der Waals surface area contributed by atoms with E-state index in [1.54, 1.807) is 6.33 Å². The van der Waals surface area contributed by atoms with Gasteiger partial charge in [0.2, 0.25) is 0 Å². The van der Waals surface area contributed by atoms with Crippen molar-refractivity contribution in [2.24, 2.45) is 5.92 Å². The maximum Gasteiger partial charge on any atom is 0.134 e. The third-order valence-electron chi connectivity index (χ3n) is 3.75. The molecule has 0 aliphatic heterocycles. The Morgan fingerprint density at radius 1 is 1.28 bits per heavy atom. The minimum Gasteiger partial charge on any atom is -0.373 e. The number of aromatic nitrogens is 2. The van der Waals surface area contributed by atoms with Crippen LogP contribution >= 0.6 is 0 Å². The second kappa shape index (κ2) is 6.57. The monoisotopic (exact) mass is 248 g/mol. The average molecular weight is 248 g/mol. The van der Waals surface area contributed by atoms with Gasteiger partial charge in [0.1, 0.15) is 18.0 Å². The van der Waals surface area contributed by atoms with Crippen LogP contribution < -0.4 is 10.6 Å². The largest absolute Gasteiger partial charge is 0.373 e. The van der Waals surface area contributed by atoms with Crippen LogP contribution in [0.3, 0.4) is 0 Å². The number of nitrogens with zero attached hydrogens (tertiary/aromatic N) is 2. The van der Waals surface area contributed by atoms with E-state index in [2.05, 4.69) is 27.5 Å². The molecule has 100 valence electrons. The molecular formula is C14H24N4. The predicted octanol–water partition coefficient (Wildman–Crippen LogP) is 3.07. The van der Waals surface area contributed by atoms with E-state index in [0.29, 0.717) is 0 Å². The molecule has 2 rings (SSSR count). The highest BCUT2D eigenvalue weighted by Crippen LogP contribution is 2.29. The van der Waals surface area contributed by atoms with Gasteiger partial charge in [0, 0.05) is 19.2 Å². The fourth-order valence-corrected chi connectivity index (χ4v) is 2.44. The topological polar surface area (TPSA) is 49.8 Å². The van der Waals surface area contributed by atoms with Gasteiger partial charge in [-0.3, -0.25) is 0 Å². The van der Waals surface area contributed by atoms with Gasteiger partial charge in [-0.25, -0.2) is 9.97 Å². The molecule has 2 N–H and O–H groups in total. The zero-order chi connectivity index (χ0) is 12.8. The van der Waals surface area contributed by atoms with Gasteiger partial charge in [0.05, 0.1) is 0 Å². The lowest BCUT2D eigenvalue weighted by atomic mass is 9.83. The predicted molar refractivity (Wildman–Crippen MR) is 76.0 cm³/mol. The summed E-state index contributed by atoms with van der Waals surface area (Å²) in [6, 6.07) is 0. The van der Waals surface area contributed by atoms with Crippen molar-refractivity contribution in [3.05, 3.63) is 11.9 Å². The van der Waals surface area contributed by atoms with Gasteiger partial charge in [-0.15, -0.1) is 0 Å². The van der Waals surface area contributed by atoms with E-state index in [-0.39, 0.29) is 0 Å². The molecular weight excluding hydrogens is 224 g/mol. The highest BCUT2D eigenvalue weighted by Gasteiger charge is 2.17. The van der Waals surface area contributed by atoms with Crippen LogP contribution in [0.4, 0.5) is 11.6 Å². The van der Waals surface area contributed by atoms with Crippen molar-refractivity contribution < 1.29 is 0 Å². The Bertz CT molecular complexity index is 374. The summed E-state index contributed by atoms with van der Waals surface area (Å²) in [7, 11) is 1.92. The van der Waals surface area contributed by atoms with Gasteiger partial charge in [-0.1, -0.05) is 32.6 Å². The molecule has 0 aromatic carbocycles. The van der Waals surface area contributed by atoms with Gasteiger partial charge < -0.3 is 10.6 Å². The molecule has 1 saturated carbocycles. The number of hydrogen-bond donors (Lipinski definition) is 2. The first-order chi connectivity index (χ1) is 8.85. The standard InChI is InChI=1S/C14H24N4/c1-3-5-12-13(15-2)17-10-18-14(12)16-9-8-11-6-4-7-11/h10-11H,3-9H2,1-2H3,(H2,15,16,17,18). The van der Waals surface area contributed by atoms with Crippen molar-refractivity contribution in [1.82, 2.24) is 9.97 Å². The van der Waals surface area contributed by atoms with Crippen LogP contribution in [-0.2, 0) is 6.42 Å². The molecule has 1 aliphatic carbocycles. The van der Waals surface area contributed by atoms with Crippen LogP contribution in [0.25, 0.3) is 0 Å². The maximum absolute atomic E-state index is 4.38. The lowest BCUT2D eigenvalue weighted by Gasteiger charge is -2.25. The maximum atomic E-state index is 4.38. The van der Waals surface area contributed by atoms with E-state index in [9.17, 15) is 0 Å². The van der Waals surface area contributed by atoms with Crippen LogP contribution in [0.5, 0.6) is 0 Å². The first-order valence-electron chi connectivity index (χ1n) is 7.10. The molecule has 0 atom stereocenters. The molecule has 4 heteroatoms. The lowest BCUT2D eigenvalue weighted by Crippen LogP contribution is -2.17. The van der Waals surface area contributed by atoms with E-state index >= 15 is 0 Å². The van der Waals surface area contributed by atoms with E-state index in [0.717, 1.165) is 36.9 Å². The smallest absolute Gasteiger partial charge is 0.134 e. The number of rotatable bonds is 7. The van der Waals surface area contributed by atoms with Gasteiger partial charge in [-0.05, 0) is 18.8 Å². The van der Waals surface area contributed by atoms with E-state index < -0.39 is 0 Å². The van der Waals surface area contributed by atoms with Gasteiger partial charge in [-0.2, -0.15) is 0 Å². The van der Waals surface area contributed by atoms with E-state index in [1.165, 1.54) is 31.2 Å². The van der Waals surface area contributed by atoms with Crippen molar-refractivity contribution in [1.29, 1.82) is 0 Å². The minimum atomic E-state index is 0.942. The van der Waals surface area contributed by atoms with Crippen LogP contribution in [-0.4, -0.2) is 23.6 Å². The SMILES string of the molecule is CCCc1c(NC)ncnc1NCCC1CCC1. The zero-order valence-corrected chi connectivity index (χ0v) is 11.5. The number of hydrogen-bond acceptors (Lipinski definition) is 4. The van der Waals surface area contributed by atoms with E-state index in [4.69, 9.17) is 0 Å². The normalized spacial score (nSPS) is 15.2. The van der Waals surface area contributed by atoms with Gasteiger partial charge in [0.25, 0.3) is 0 Å². The second-order valence-electron chi connectivity index (χ2n) is 5.06. The van der Waals surface area contributed by atoms with Crippen LogP contribution in [0.15, 0.2) is 6.33 Å². The minimum absolute atomic E-state index is 0.942.